The molecule has 0 spiro atoms. The van der Waals surface area contributed by atoms with E-state index in [2.05, 4.69) is 31.9 Å². The zero-order chi connectivity index (χ0) is 42.6. The normalized spacial score (nSPS) is 12.9. The van der Waals surface area contributed by atoms with Crippen molar-refractivity contribution < 1.29 is 65.1 Å². The predicted molar refractivity (Wildman–Crippen MR) is 211 cm³/mol. The molecule has 0 aliphatic heterocycles. The van der Waals surface area contributed by atoms with Gasteiger partial charge in [-0.25, -0.2) is 9.59 Å². The van der Waals surface area contributed by atoms with Crippen LogP contribution in [0.4, 0.5) is 26.3 Å². The summed E-state index contributed by atoms with van der Waals surface area (Å²) in [6, 6.07) is 16.7. The summed E-state index contributed by atoms with van der Waals surface area (Å²) in [5.41, 5.74) is -1.62. The molecule has 1 unspecified atom stereocenters. The Labute approximate surface area is 348 Å². The zero-order valence-corrected chi connectivity index (χ0v) is 34.7. The number of aliphatic carboxylic acids is 2. The molecule has 0 aromatic heterocycles. The van der Waals surface area contributed by atoms with Gasteiger partial charge in [-0.3, -0.25) is 0 Å². The van der Waals surface area contributed by atoms with E-state index < -0.39 is 58.8 Å². The Kier molecular flexibility index (Phi) is 17.0. The first-order valence-electron chi connectivity index (χ1n) is 18.3. The summed E-state index contributed by atoms with van der Waals surface area (Å²) in [6.45, 7) is 4.11. The summed E-state index contributed by atoms with van der Waals surface area (Å²) in [5, 5.41) is 18.7. The fraction of sp³-hybridized carbons (Fsp3) is 0.381. The van der Waals surface area contributed by atoms with Crippen LogP contribution >= 0.6 is 31.9 Å². The van der Waals surface area contributed by atoms with Crippen LogP contribution in [0.15, 0.2) is 81.7 Å². The van der Waals surface area contributed by atoms with Crippen LogP contribution in [0.25, 0.3) is 11.1 Å². The van der Waals surface area contributed by atoms with Gasteiger partial charge < -0.3 is 29.2 Å². The van der Waals surface area contributed by atoms with Gasteiger partial charge in [0.1, 0.15) is 11.5 Å². The molecule has 4 rings (SSSR count). The highest BCUT2D eigenvalue weighted by molar-refractivity contribution is 9.11. The minimum Gasteiger partial charge on any atom is -0.492 e. The molecule has 0 heterocycles. The van der Waals surface area contributed by atoms with Crippen molar-refractivity contribution in [3.05, 3.63) is 115 Å². The molecule has 0 aliphatic carbocycles. The molecule has 0 saturated carbocycles. The molecular formula is C42H42Br2F6O8. The van der Waals surface area contributed by atoms with Gasteiger partial charge in [-0.05, 0) is 141 Å². The smallest absolute Gasteiger partial charge is 0.417 e. The van der Waals surface area contributed by atoms with Crippen molar-refractivity contribution in [2.24, 2.45) is 0 Å². The van der Waals surface area contributed by atoms with Crippen LogP contribution in [0.2, 0.25) is 0 Å². The van der Waals surface area contributed by atoms with E-state index in [4.69, 9.17) is 18.9 Å². The molecule has 4 aromatic carbocycles. The van der Waals surface area contributed by atoms with Gasteiger partial charge in [0.25, 0.3) is 0 Å². The topological polar surface area (TPSA) is 112 Å². The highest BCUT2D eigenvalue weighted by atomic mass is 79.9. The molecule has 314 valence electrons. The van der Waals surface area contributed by atoms with Crippen molar-refractivity contribution in [3.63, 3.8) is 0 Å². The maximum Gasteiger partial charge on any atom is 0.417 e. The Morgan fingerprint density at radius 3 is 1.26 bits per heavy atom. The first-order valence-corrected chi connectivity index (χ1v) is 19.9. The minimum atomic E-state index is -4.94. The van der Waals surface area contributed by atoms with Crippen LogP contribution in [-0.4, -0.2) is 60.8 Å². The van der Waals surface area contributed by atoms with Crippen molar-refractivity contribution in [2.45, 2.75) is 76.9 Å². The number of hydrogen-bond donors (Lipinski definition) is 2. The molecule has 16 heteroatoms. The second-order valence-corrected chi connectivity index (χ2v) is 14.9. The van der Waals surface area contributed by atoms with Crippen LogP contribution in [0.1, 0.15) is 60.1 Å². The molecule has 0 aliphatic rings. The number of carboxylic acids is 2. The van der Waals surface area contributed by atoms with Crippen LogP contribution < -0.4 is 9.47 Å². The summed E-state index contributed by atoms with van der Waals surface area (Å²) in [5.74, 6) is -1.28. The van der Waals surface area contributed by atoms with Crippen molar-refractivity contribution in [1.82, 2.24) is 0 Å². The van der Waals surface area contributed by atoms with Crippen LogP contribution in [0.3, 0.4) is 0 Å². The molecule has 2 atom stereocenters. The summed E-state index contributed by atoms with van der Waals surface area (Å²) < 4.78 is 110. The minimum absolute atomic E-state index is 0.121. The number of carboxylic acid groups (broad SMARTS) is 2. The van der Waals surface area contributed by atoms with Crippen molar-refractivity contribution >= 4 is 43.8 Å². The van der Waals surface area contributed by atoms with Gasteiger partial charge in [-0.15, -0.1) is 0 Å². The van der Waals surface area contributed by atoms with E-state index in [1.165, 1.54) is 12.1 Å². The fourth-order valence-corrected chi connectivity index (χ4v) is 7.27. The third-order valence-corrected chi connectivity index (χ3v) is 10.2. The molecule has 0 fully saturated rings. The van der Waals surface area contributed by atoms with E-state index in [9.17, 15) is 46.1 Å². The molecule has 2 N–H and O–H groups in total. The van der Waals surface area contributed by atoms with Gasteiger partial charge >= 0.3 is 24.3 Å². The SMILES string of the molecule is CCOC(Cc1ccc(OCCCc2ccc(-c3ccc(CCCOc4ccc(C[C@H](OCC)C(=O)O)cc4Br)cc3C(F)(F)F)c(C(F)(F)F)c2)c(Br)c1)C(=O)O. The van der Waals surface area contributed by atoms with E-state index >= 15 is 0 Å². The molecule has 8 nitrogen and oxygen atoms in total. The maximum atomic E-state index is 14.4. The van der Waals surface area contributed by atoms with Gasteiger partial charge in [0.05, 0.1) is 33.3 Å². The fourth-order valence-electron chi connectivity index (χ4n) is 6.19. The maximum absolute atomic E-state index is 14.4. The van der Waals surface area contributed by atoms with Crippen LogP contribution in [0.5, 0.6) is 11.5 Å². The quantitative estimate of drug-likeness (QED) is 0.0628. The lowest BCUT2D eigenvalue weighted by atomic mass is 9.91. The molecule has 0 amide bonds. The Balaban J connectivity index is 1.40. The number of alkyl halides is 6. The number of ether oxygens (including phenoxy) is 4. The van der Waals surface area contributed by atoms with Crippen LogP contribution in [0, 0.1) is 0 Å². The average Bonchev–Trinajstić information content (AvgIpc) is 3.15. The molecular weight excluding hydrogens is 906 g/mol. The van der Waals surface area contributed by atoms with E-state index in [1.54, 1.807) is 50.2 Å². The van der Waals surface area contributed by atoms with E-state index in [0.717, 1.165) is 24.3 Å². The first kappa shape index (κ1) is 46.6. The second-order valence-electron chi connectivity index (χ2n) is 13.2. The van der Waals surface area contributed by atoms with Crippen molar-refractivity contribution in [1.29, 1.82) is 0 Å². The van der Waals surface area contributed by atoms with Gasteiger partial charge in [-0.2, -0.15) is 26.3 Å². The Morgan fingerprint density at radius 1 is 0.586 bits per heavy atom. The van der Waals surface area contributed by atoms with Gasteiger partial charge in [0.15, 0.2) is 12.2 Å². The Hall–Kier alpha value is -4.12. The summed E-state index contributed by atoms with van der Waals surface area (Å²) in [7, 11) is 0. The molecule has 4 aromatic rings. The first-order chi connectivity index (χ1) is 27.4. The number of hydrogen-bond acceptors (Lipinski definition) is 6. The Morgan fingerprint density at radius 2 is 0.948 bits per heavy atom. The number of rotatable bonds is 21. The summed E-state index contributed by atoms with van der Waals surface area (Å²) >= 11 is 6.79. The van der Waals surface area contributed by atoms with E-state index in [0.29, 0.717) is 44.4 Å². The van der Waals surface area contributed by atoms with E-state index in [-0.39, 0.29) is 63.2 Å². The molecule has 0 saturated heterocycles. The standard InChI is InChI=1S/C42H42Br2F6O8/c1-3-55-37(39(51)52)23-27-11-15-35(33(43)21-27)57-17-5-7-25-9-13-29(31(19-25)41(45,46)47)30-14-10-26(20-32(30)42(48,49)50)8-6-18-58-36-16-12-28(22-34(36)44)24-38(40(53)54)56-4-2/h9-16,19-22,37-38H,3-8,17-18,23-24H2,1-2H3,(H,51,52)(H,53,54)/t37-,38?/m0/s1. The number of benzene rings is 4. The summed E-state index contributed by atoms with van der Waals surface area (Å²) in [4.78, 5) is 22.8. The molecule has 0 radical (unpaired) electrons. The highest BCUT2D eigenvalue weighted by Crippen LogP contribution is 2.43. The van der Waals surface area contributed by atoms with Crippen molar-refractivity contribution in [3.8, 4) is 22.6 Å². The van der Waals surface area contributed by atoms with Crippen molar-refractivity contribution in [2.75, 3.05) is 26.4 Å². The summed E-state index contributed by atoms with van der Waals surface area (Å²) in [6.07, 6.45) is -10.7. The van der Waals surface area contributed by atoms with Gasteiger partial charge in [0.2, 0.25) is 0 Å². The highest BCUT2D eigenvalue weighted by Gasteiger charge is 2.38. The van der Waals surface area contributed by atoms with Crippen LogP contribution in [-0.2, 0) is 57.1 Å². The van der Waals surface area contributed by atoms with Gasteiger partial charge in [-0.1, -0.05) is 36.4 Å². The molecule has 0 bridgehead atoms. The van der Waals surface area contributed by atoms with E-state index in [1.807, 2.05) is 0 Å². The second kappa shape index (κ2) is 21.2. The Bertz CT molecular complexity index is 1880. The number of halogens is 8. The predicted octanol–water partition coefficient (Wildman–Crippen LogP) is 11.0. The lowest BCUT2D eigenvalue weighted by Crippen LogP contribution is -2.26. The third kappa shape index (κ3) is 13.5. The van der Waals surface area contributed by atoms with Gasteiger partial charge in [0, 0.05) is 26.1 Å². The zero-order valence-electron chi connectivity index (χ0n) is 31.5. The third-order valence-electron chi connectivity index (χ3n) is 8.92. The lowest BCUT2D eigenvalue weighted by molar-refractivity contribution is -0.150. The number of carbonyl (C=O) groups is 2. The largest absolute Gasteiger partial charge is 0.492 e. The lowest BCUT2D eigenvalue weighted by Gasteiger charge is -2.20. The number of aryl methyl sites for hydroxylation is 2. The molecule has 58 heavy (non-hydrogen) atoms. The monoisotopic (exact) mass is 946 g/mol. The average molecular weight is 949 g/mol.